The van der Waals surface area contributed by atoms with Gasteiger partial charge in [-0.1, -0.05) is 51.8 Å². The monoisotopic (exact) mass is 603 g/mol. The highest BCUT2D eigenvalue weighted by Crippen LogP contribution is 2.69. The Kier molecular flexibility index (Phi) is 9.11. The molecular formula is C34H53NO6S. The van der Waals surface area contributed by atoms with Crippen molar-refractivity contribution in [2.75, 3.05) is 6.61 Å². The number of hydrogen-bond donors (Lipinski definition) is 3. The van der Waals surface area contributed by atoms with Gasteiger partial charge in [-0.15, -0.1) is 0 Å². The third-order valence-electron chi connectivity index (χ3n) is 12.7. The van der Waals surface area contributed by atoms with Gasteiger partial charge in [0, 0.05) is 0 Å². The minimum absolute atomic E-state index is 0.0383. The second-order valence-electron chi connectivity index (χ2n) is 14.8. The molecule has 5 rings (SSSR count). The van der Waals surface area contributed by atoms with Gasteiger partial charge < -0.3 is 14.9 Å². The minimum atomic E-state index is -3.96. The van der Waals surface area contributed by atoms with Gasteiger partial charge in [-0.3, -0.25) is 0 Å². The zero-order valence-corrected chi connectivity index (χ0v) is 27.0. The zero-order chi connectivity index (χ0) is 30.4. The standard InChI is InChI=1S/C34H53NO6S/c1-6-25-29-20-23(36)15-17-34(29,5)28-16-18-33(4)26(13-14-27(33)30(28)31(25)37)22(3)8-7-19-41-32(38)35-42(39,40)24-11-9-21(2)10-12-24/h9-12,22-23,25-31,36-37H,6-8,13-20H2,1-5H3,(H,35,38)/t22-,23-,25-,26-,27+,28+,29+,30+,31-,33-,34-/m1/s1. The van der Waals surface area contributed by atoms with Crippen molar-refractivity contribution < 1.29 is 28.2 Å². The molecule has 0 bridgehead atoms. The van der Waals surface area contributed by atoms with Gasteiger partial charge in [0.1, 0.15) is 0 Å². The first kappa shape index (κ1) is 31.8. The number of sulfonamides is 1. The van der Waals surface area contributed by atoms with Crippen molar-refractivity contribution in [3.8, 4) is 0 Å². The van der Waals surface area contributed by atoms with E-state index in [2.05, 4.69) is 27.7 Å². The van der Waals surface area contributed by atoms with E-state index in [1.807, 2.05) is 11.6 Å². The Balaban J connectivity index is 1.17. The van der Waals surface area contributed by atoms with E-state index in [0.29, 0.717) is 41.9 Å². The van der Waals surface area contributed by atoms with E-state index in [9.17, 15) is 23.4 Å². The summed E-state index contributed by atoms with van der Waals surface area (Å²) in [6.07, 6.45) is 8.63. The molecule has 4 saturated carbocycles. The van der Waals surface area contributed by atoms with Crippen LogP contribution < -0.4 is 4.72 Å². The van der Waals surface area contributed by atoms with Crippen LogP contribution in [0.1, 0.15) is 97.5 Å². The quantitative estimate of drug-likeness (QED) is 0.294. The maximum Gasteiger partial charge on any atom is 0.421 e. The number of ether oxygens (including phenoxy) is 1. The van der Waals surface area contributed by atoms with Gasteiger partial charge >= 0.3 is 6.09 Å². The number of carbonyl (C=O) groups excluding carboxylic acids is 1. The first-order chi connectivity index (χ1) is 19.8. The molecule has 4 fully saturated rings. The minimum Gasteiger partial charge on any atom is -0.449 e. The topological polar surface area (TPSA) is 113 Å². The largest absolute Gasteiger partial charge is 0.449 e. The van der Waals surface area contributed by atoms with Crippen molar-refractivity contribution in [1.82, 2.24) is 4.72 Å². The number of fused-ring (bicyclic) bond motifs is 5. The lowest BCUT2D eigenvalue weighted by Gasteiger charge is -2.64. The van der Waals surface area contributed by atoms with Crippen molar-refractivity contribution in [3.05, 3.63) is 29.8 Å². The summed E-state index contributed by atoms with van der Waals surface area (Å²) in [6.45, 7) is 11.6. The number of nitrogens with one attached hydrogen (secondary N) is 1. The van der Waals surface area contributed by atoms with Crippen molar-refractivity contribution in [2.24, 2.45) is 52.3 Å². The van der Waals surface area contributed by atoms with Crippen LogP contribution in [0.3, 0.4) is 0 Å². The molecular weight excluding hydrogens is 550 g/mol. The number of amides is 1. The molecule has 236 valence electrons. The van der Waals surface area contributed by atoms with Gasteiger partial charge in [-0.05, 0) is 129 Å². The third-order valence-corrected chi connectivity index (χ3v) is 14.1. The predicted molar refractivity (Wildman–Crippen MR) is 163 cm³/mol. The SMILES string of the molecule is CC[C@H]1[C@@H](O)[C@@H]2[C@H](CC[C@]3(C)[C@@H]([C@H](C)CCCOC(=O)NS(=O)(=O)c4ccc(C)cc4)CC[C@@H]23)[C@@]2(C)CC[C@@H](O)C[C@@H]12. The molecule has 1 amide bonds. The van der Waals surface area contributed by atoms with E-state index >= 15 is 0 Å². The predicted octanol–water partition coefficient (Wildman–Crippen LogP) is 6.45. The Morgan fingerprint density at radius 3 is 2.38 bits per heavy atom. The highest BCUT2D eigenvalue weighted by molar-refractivity contribution is 7.90. The van der Waals surface area contributed by atoms with Gasteiger partial charge in [0.25, 0.3) is 10.0 Å². The average Bonchev–Trinajstić information content (AvgIpc) is 3.29. The number of aliphatic hydroxyl groups excluding tert-OH is 2. The van der Waals surface area contributed by atoms with Crippen molar-refractivity contribution in [1.29, 1.82) is 0 Å². The van der Waals surface area contributed by atoms with Gasteiger partial charge in [-0.25, -0.2) is 17.9 Å². The fourth-order valence-electron chi connectivity index (χ4n) is 10.6. The van der Waals surface area contributed by atoms with Crippen LogP contribution in [0.2, 0.25) is 0 Å². The Labute approximate surface area is 253 Å². The van der Waals surface area contributed by atoms with Crippen LogP contribution in [0.25, 0.3) is 0 Å². The second kappa shape index (κ2) is 12.0. The highest BCUT2D eigenvalue weighted by atomic mass is 32.2. The Hall–Kier alpha value is -1.64. The number of carbonyl (C=O) groups is 1. The lowest BCUT2D eigenvalue weighted by atomic mass is 9.41. The lowest BCUT2D eigenvalue weighted by molar-refractivity contribution is -0.203. The maximum absolute atomic E-state index is 12.5. The number of benzene rings is 1. The summed E-state index contributed by atoms with van der Waals surface area (Å²) < 4.78 is 32.2. The van der Waals surface area contributed by atoms with Crippen molar-refractivity contribution >= 4 is 16.1 Å². The molecule has 0 saturated heterocycles. The van der Waals surface area contributed by atoms with E-state index in [4.69, 9.17) is 4.74 Å². The summed E-state index contributed by atoms with van der Waals surface area (Å²) in [4.78, 5) is 12.3. The highest BCUT2D eigenvalue weighted by Gasteiger charge is 2.64. The second-order valence-corrected chi connectivity index (χ2v) is 16.5. The van der Waals surface area contributed by atoms with E-state index in [0.717, 1.165) is 44.1 Å². The molecule has 0 aromatic heterocycles. The summed E-state index contributed by atoms with van der Waals surface area (Å²) in [5.74, 6) is 3.08. The average molecular weight is 604 g/mol. The molecule has 0 aliphatic heterocycles. The first-order valence-corrected chi connectivity index (χ1v) is 17.9. The lowest BCUT2D eigenvalue weighted by Crippen LogP contribution is -2.62. The van der Waals surface area contributed by atoms with Crippen LogP contribution in [-0.2, 0) is 14.8 Å². The van der Waals surface area contributed by atoms with Gasteiger partial charge in [0.05, 0.1) is 23.7 Å². The van der Waals surface area contributed by atoms with Gasteiger partial charge in [-0.2, -0.15) is 0 Å². The first-order valence-electron chi connectivity index (χ1n) is 16.4. The Bertz CT molecular complexity index is 1220. The summed E-state index contributed by atoms with van der Waals surface area (Å²) in [5.41, 5.74) is 1.34. The number of hydrogen-bond acceptors (Lipinski definition) is 6. The Morgan fingerprint density at radius 2 is 1.69 bits per heavy atom. The summed E-state index contributed by atoms with van der Waals surface area (Å²) in [6, 6.07) is 6.33. The van der Waals surface area contributed by atoms with Crippen LogP contribution >= 0.6 is 0 Å². The van der Waals surface area contributed by atoms with Crippen LogP contribution in [0.5, 0.6) is 0 Å². The smallest absolute Gasteiger partial charge is 0.421 e. The molecule has 3 N–H and O–H groups in total. The molecule has 7 nitrogen and oxygen atoms in total. The van der Waals surface area contributed by atoms with Crippen LogP contribution in [0, 0.1) is 59.2 Å². The van der Waals surface area contributed by atoms with E-state index in [-0.39, 0.29) is 40.5 Å². The molecule has 1 aromatic carbocycles. The Morgan fingerprint density at radius 1 is 1.02 bits per heavy atom. The molecule has 4 aliphatic rings. The third kappa shape index (κ3) is 5.65. The molecule has 0 spiro atoms. The van der Waals surface area contributed by atoms with E-state index in [1.165, 1.54) is 31.4 Å². The number of aliphatic hydroxyl groups is 2. The molecule has 11 atom stereocenters. The zero-order valence-electron chi connectivity index (χ0n) is 26.2. The summed E-state index contributed by atoms with van der Waals surface area (Å²) >= 11 is 0. The van der Waals surface area contributed by atoms with Crippen molar-refractivity contribution in [2.45, 2.75) is 116 Å². The van der Waals surface area contributed by atoms with Crippen molar-refractivity contribution in [3.63, 3.8) is 0 Å². The van der Waals surface area contributed by atoms with Crippen LogP contribution in [-0.4, -0.2) is 43.5 Å². The maximum atomic E-state index is 12.5. The van der Waals surface area contributed by atoms with E-state index in [1.54, 1.807) is 12.1 Å². The molecule has 4 aliphatic carbocycles. The summed E-state index contributed by atoms with van der Waals surface area (Å²) in [5, 5.41) is 22.4. The molecule has 42 heavy (non-hydrogen) atoms. The molecule has 0 unspecified atom stereocenters. The fraction of sp³-hybridized carbons (Fsp3) is 0.794. The number of rotatable bonds is 8. The molecule has 0 radical (unpaired) electrons. The van der Waals surface area contributed by atoms with Gasteiger partial charge in [0.2, 0.25) is 0 Å². The number of aryl methyl sites for hydroxylation is 1. The normalized spacial score (nSPS) is 40.4. The molecule has 1 aromatic rings. The molecule has 8 heteroatoms. The van der Waals surface area contributed by atoms with E-state index < -0.39 is 16.1 Å². The summed E-state index contributed by atoms with van der Waals surface area (Å²) in [7, 11) is -3.96. The van der Waals surface area contributed by atoms with Gasteiger partial charge in [0.15, 0.2) is 0 Å². The molecule has 0 heterocycles. The fourth-order valence-corrected chi connectivity index (χ4v) is 11.5. The van der Waals surface area contributed by atoms with Crippen LogP contribution in [0.15, 0.2) is 29.2 Å². The van der Waals surface area contributed by atoms with Crippen LogP contribution in [0.4, 0.5) is 4.79 Å².